The van der Waals surface area contributed by atoms with Crippen LogP contribution in [0.1, 0.15) is 5.56 Å². The Morgan fingerprint density at radius 2 is 1.81 bits per heavy atom. The van der Waals surface area contributed by atoms with Gasteiger partial charge in [0.2, 0.25) is 0 Å². The first-order valence-corrected chi connectivity index (χ1v) is 8.35. The lowest BCUT2D eigenvalue weighted by Crippen LogP contribution is -2.23. The standard InChI is InChI=1S/C19H13N7O/c27-19-16-18(21-12-25(19)11-13-5-4-8-20-9-13)26-17(24-23-16)15(10-22-26)14-6-2-1-3-7-14/h1-10,12H,11H2. The van der Waals surface area contributed by atoms with Crippen molar-refractivity contribution < 1.29 is 0 Å². The molecule has 130 valence electrons. The van der Waals surface area contributed by atoms with E-state index < -0.39 is 0 Å². The first-order chi connectivity index (χ1) is 13.3. The van der Waals surface area contributed by atoms with Crippen LogP contribution < -0.4 is 5.56 Å². The average molecular weight is 355 g/mol. The highest BCUT2D eigenvalue weighted by Crippen LogP contribution is 2.23. The number of fused-ring (bicyclic) bond motifs is 3. The maximum atomic E-state index is 12.8. The largest absolute Gasteiger partial charge is 0.293 e. The predicted molar refractivity (Wildman–Crippen MR) is 99.1 cm³/mol. The molecule has 0 unspecified atom stereocenters. The van der Waals surface area contributed by atoms with Crippen molar-refractivity contribution in [2.45, 2.75) is 6.54 Å². The molecule has 8 nitrogen and oxygen atoms in total. The van der Waals surface area contributed by atoms with Crippen LogP contribution in [0.25, 0.3) is 27.9 Å². The van der Waals surface area contributed by atoms with E-state index in [1.165, 1.54) is 10.9 Å². The molecule has 0 radical (unpaired) electrons. The third kappa shape index (κ3) is 2.54. The molecule has 27 heavy (non-hydrogen) atoms. The normalized spacial score (nSPS) is 11.3. The van der Waals surface area contributed by atoms with Crippen LogP contribution in [0.2, 0.25) is 0 Å². The summed E-state index contributed by atoms with van der Waals surface area (Å²) < 4.78 is 3.04. The zero-order valence-corrected chi connectivity index (χ0v) is 14.1. The molecule has 0 saturated heterocycles. The quantitative estimate of drug-likeness (QED) is 0.491. The lowest BCUT2D eigenvalue weighted by Gasteiger charge is -2.06. The summed E-state index contributed by atoms with van der Waals surface area (Å²) in [6.07, 6.45) is 6.62. The van der Waals surface area contributed by atoms with Gasteiger partial charge in [0.25, 0.3) is 5.56 Å². The van der Waals surface area contributed by atoms with E-state index in [-0.39, 0.29) is 11.1 Å². The van der Waals surface area contributed by atoms with Gasteiger partial charge in [-0.2, -0.15) is 9.61 Å². The van der Waals surface area contributed by atoms with Crippen molar-refractivity contribution in [1.29, 1.82) is 0 Å². The van der Waals surface area contributed by atoms with E-state index >= 15 is 0 Å². The summed E-state index contributed by atoms with van der Waals surface area (Å²) in [4.78, 5) is 21.3. The smallest absolute Gasteiger partial charge is 0.283 e. The van der Waals surface area contributed by atoms with Crippen LogP contribution in [0.3, 0.4) is 0 Å². The number of benzene rings is 1. The Balaban J connectivity index is 1.66. The number of aromatic nitrogens is 7. The number of pyridine rings is 1. The molecule has 0 spiro atoms. The molecule has 0 fully saturated rings. The van der Waals surface area contributed by atoms with Crippen LogP contribution in [-0.2, 0) is 6.54 Å². The molecule has 1 aromatic carbocycles. The van der Waals surface area contributed by atoms with Crippen LogP contribution in [0.15, 0.2) is 72.2 Å². The van der Waals surface area contributed by atoms with Gasteiger partial charge in [0.05, 0.1) is 12.7 Å². The molecule has 8 heteroatoms. The highest BCUT2D eigenvalue weighted by Gasteiger charge is 2.15. The van der Waals surface area contributed by atoms with Crippen molar-refractivity contribution in [2.75, 3.05) is 0 Å². The minimum absolute atomic E-state index is 0.177. The van der Waals surface area contributed by atoms with Crippen LogP contribution in [-0.4, -0.2) is 34.3 Å². The molecule has 0 aliphatic rings. The summed E-state index contributed by atoms with van der Waals surface area (Å²) in [7, 11) is 0. The van der Waals surface area contributed by atoms with Crippen LogP contribution in [0, 0.1) is 0 Å². The van der Waals surface area contributed by atoms with Crippen molar-refractivity contribution in [2.24, 2.45) is 0 Å². The first kappa shape index (κ1) is 15.3. The maximum absolute atomic E-state index is 12.8. The maximum Gasteiger partial charge on any atom is 0.283 e. The molecule has 4 heterocycles. The van der Waals surface area contributed by atoms with Crippen molar-refractivity contribution in [1.82, 2.24) is 34.3 Å². The van der Waals surface area contributed by atoms with E-state index in [1.807, 2.05) is 42.5 Å². The summed E-state index contributed by atoms with van der Waals surface area (Å²) in [5.41, 5.74) is 3.57. The molecule has 0 atom stereocenters. The zero-order chi connectivity index (χ0) is 18.2. The summed E-state index contributed by atoms with van der Waals surface area (Å²) in [6.45, 7) is 0.365. The second kappa shape index (κ2) is 6.10. The fraction of sp³-hybridized carbons (Fsp3) is 0.0526. The van der Waals surface area contributed by atoms with Crippen molar-refractivity contribution in [3.8, 4) is 11.1 Å². The van der Waals surface area contributed by atoms with Crippen molar-refractivity contribution in [3.63, 3.8) is 0 Å². The van der Waals surface area contributed by atoms with Crippen LogP contribution >= 0.6 is 0 Å². The average Bonchev–Trinajstić information content (AvgIpc) is 3.16. The molecule has 0 bridgehead atoms. The predicted octanol–water partition coefficient (Wildman–Crippen LogP) is 1.94. The SMILES string of the molecule is O=c1c2nnc3c(-c4ccccc4)cnn3c2ncn1Cc1cccnc1. The monoisotopic (exact) mass is 355 g/mol. The Morgan fingerprint density at radius 1 is 0.926 bits per heavy atom. The Hall–Kier alpha value is -3.94. The van der Waals surface area contributed by atoms with Gasteiger partial charge in [0, 0.05) is 18.0 Å². The van der Waals surface area contributed by atoms with E-state index in [2.05, 4.69) is 25.3 Å². The second-order valence-electron chi connectivity index (χ2n) is 6.07. The van der Waals surface area contributed by atoms with Crippen molar-refractivity contribution in [3.05, 3.63) is 83.3 Å². The summed E-state index contributed by atoms with van der Waals surface area (Å²) >= 11 is 0. The molecule has 0 N–H and O–H groups in total. The Bertz CT molecular complexity index is 1310. The molecule has 0 aliphatic carbocycles. The lowest BCUT2D eigenvalue weighted by atomic mass is 10.1. The van der Waals surface area contributed by atoms with Crippen LogP contribution in [0.5, 0.6) is 0 Å². The van der Waals surface area contributed by atoms with Gasteiger partial charge >= 0.3 is 0 Å². The van der Waals surface area contributed by atoms with Gasteiger partial charge < -0.3 is 0 Å². The van der Waals surface area contributed by atoms with E-state index in [4.69, 9.17) is 0 Å². The third-order valence-electron chi connectivity index (χ3n) is 4.34. The van der Waals surface area contributed by atoms with Gasteiger partial charge in [-0.1, -0.05) is 36.4 Å². The fourth-order valence-corrected chi connectivity index (χ4v) is 3.03. The fourth-order valence-electron chi connectivity index (χ4n) is 3.03. The number of hydrogen-bond donors (Lipinski definition) is 0. The third-order valence-corrected chi connectivity index (χ3v) is 4.34. The molecular formula is C19H13N7O. The Labute approximate surface area is 152 Å². The molecule has 5 rings (SSSR count). The Kier molecular flexibility index (Phi) is 3.46. The minimum atomic E-state index is -0.269. The highest BCUT2D eigenvalue weighted by molar-refractivity contribution is 5.80. The van der Waals surface area contributed by atoms with Gasteiger partial charge in [-0.05, 0) is 17.2 Å². The molecule has 0 saturated carbocycles. The van der Waals surface area contributed by atoms with Gasteiger partial charge in [0.15, 0.2) is 16.8 Å². The van der Waals surface area contributed by atoms with Gasteiger partial charge in [-0.3, -0.25) is 14.3 Å². The van der Waals surface area contributed by atoms with Crippen molar-refractivity contribution >= 4 is 16.8 Å². The lowest BCUT2D eigenvalue weighted by molar-refractivity contribution is 0.734. The topological polar surface area (TPSA) is 90.9 Å². The zero-order valence-electron chi connectivity index (χ0n) is 14.1. The number of rotatable bonds is 3. The molecule has 0 amide bonds. The van der Waals surface area contributed by atoms with Gasteiger partial charge in [-0.25, -0.2) is 4.98 Å². The van der Waals surface area contributed by atoms with E-state index in [1.54, 1.807) is 23.1 Å². The van der Waals surface area contributed by atoms with Gasteiger partial charge in [-0.15, -0.1) is 10.2 Å². The Morgan fingerprint density at radius 3 is 2.63 bits per heavy atom. The highest BCUT2D eigenvalue weighted by atomic mass is 16.1. The molecule has 5 aromatic rings. The van der Waals surface area contributed by atoms with Gasteiger partial charge in [0.1, 0.15) is 6.33 Å². The number of hydrogen-bond acceptors (Lipinski definition) is 6. The van der Waals surface area contributed by atoms with Crippen LogP contribution in [0.4, 0.5) is 0 Å². The summed E-state index contributed by atoms with van der Waals surface area (Å²) in [5, 5.41) is 12.8. The molecule has 4 aromatic heterocycles. The molecular weight excluding hydrogens is 342 g/mol. The summed E-state index contributed by atoms with van der Waals surface area (Å²) in [6, 6.07) is 13.5. The van der Waals surface area contributed by atoms with E-state index in [0.717, 1.165) is 16.7 Å². The number of nitrogens with zero attached hydrogens (tertiary/aromatic N) is 7. The second-order valence-corrected chi connectivity index (χ2v) is 6.07. The van der Waals surface area contributed by atoms with E-state index in [0.29, 0.717) is 17.8 Å². The first-order valence-electron chi connectivity index (χ1n) is 8.35. The molecule has 0 aliphatic heterocycles. The van der Waals surface area contributed by atoms with E-state index in [9.17, 15) is 4.79 Å². The minimum Gasteiger partial charge on any atom is -0.293 e. The summed E-state index contributed by atoms with van der Waals surface area (Å²) in [5.74, 6) is 0.